The molecule has 0 atom stereocenters. The number of fused-ring (bicyclic) bond motifs is 1. The van der Waals surface area contributed by atoms with Gasteiger partial charge in [0.2, 0.25) is 0 Å². The fourth-order valence-corrected chi connectivity index (χ4v) is 1.45. The van der Waals surface area contributed by atoms with Gasteiger partial charge in [0.15, 0.2) is 5.76 Å². The molecule has 3 rings (SSSR count). The van der Waals surface area contributed by atoms with Crippen LogP contribution in [0, 0.1) is 0 Å². The lowest BCUT2D eigenvalue weighted by atomic mass is 10.1. The summed E-state index contributed by atoms with van der Waals surface area (Å²) in [6.07, 6.45) is 3.31. The highest BCUT2D eigenvalue weighted by molar-refractivity contribution is 5.80. The predicted molar refractivity (Wildman–Crippen MR) is 51.6 cm³/mol. The van der Waals surface area contributed by atoms with Crippen molar-refractivity contribution in [3.63, 3.8) is 0 Å². The van der Waals surface area contributed by atoms with Crippen molar-refractivity contribution in [2.24, 2.45) is 0 Å². The summed E-state index contributed by atoms with van der Waals surface area (Å²) in [7, 11) is 0. The molecular formula is C10H7N3O. The number of hydrogen-bond donors (Lipinski definition) is 1. The second kappa shape index (κ2) is 2.70. The second-order valence-corrected chi connectivity index (χ2v) is 3.01. The average molecular weight is 185 g/mol. The Labute approximate surface area is 79.6 Å². The first-order valence-electron chi connectivity index (χ1n) is 4.28. The van der Waals surface area contributed by atoms with Crippen LogP contribution in [0.1, 0.15) is 0 Å². The zero-order valence-electron chi connectivity index (χ0n) is 7.27. The zero-order chi connectivity index (χ0) is 9.38. The van der Waals surface area contributed by atoms with Gasteiger partial charge in [-0.3, -0.25) is 0 Å². The summed E-state index contributed by atoms with van der Waals surface area (Å²) in [6.45, 7) is 0. The smallest absolute Gasteiger partial charge is 0.166 e. The van der Waals surface area contributed by atoms with Crippen LogP contribution >= 0.6 is 0 Å². The number of hydrogen-bond acceptors (Lipinski definition) is 3. The Morgan fingerprint density at radius 2 is 2.21 bits per heavy atom. The van der Waals surface area contributed by atoms with E-state index in [2.05, 4.69) is 15.1 Å². The Morgan fingerprint density at radius 3 is 3.07 bits per heavy atom. The third-order valence-corrected chi connectivity index (χ3v) is 2.14. The van der Waals surface area contributed by atoms with Crippen molar-refractivity contribution in [3.05, 3.63) is 36.8 Å². The Hall–Kier alpha value is -2.10. The summed E-state index contributed by atoms with van der Waals surface area (Å²) in [5.74, 6) is 0.765. The third-order valence-electron chi connectivity index (χ3n) is 2.14. The van der Waals surface area contributed by atoms with E-state index in [1.807, 2.05) is 24.3 Å². The first kappa shape index (κ1) is 7.32. The van der Waals surface area contributed by atoms with Crippen LogP contribution in [0.5, 0.6) is 0 Å². The van der Waals surface area contributed by atoms with E-state index < -0.39 is 0 Å². The quantitative estimate of drug-likeness (QED) is 0.632. The second-order valence-electron chi connectivity index (χ2n) is 3.01. The van der Waals surface area contributed by atoms with E-state index in [1.165, 1.54) is 0 Å². The highest BCUT2D eigenvalue weighted by Crippen LogP contribution is 2.21. The molecule has 4 heteroatoms. The van der Waals surface area contributed by atoms with Gasteiger partial charge in [0, 0.05) is 11.6 Å². The van der Waals surface area contributed by atoms with Crippen LogP contribution < -0.4 is 0 Å². The Bertz CT molecular complexity index is 554. The standard InChI is InChI=1S/C10H7N3O/c1-2-8-9(12-6-11-8)5-7(1)10-3-4-13-14-10/h1-6H,(H,11,12). The number of rotatable bonds is 1. The molecular weight excluding hydrogens is 178 g/mol. The maximum atomic E-state index is 5.06. The molecule has 2 heterocycles. The topological polar surface area (TPSA) is 54.7 Å². The predicted octanol–water partition coefficient (Wildman–Crippen LogP) is 2.22. The van der Waals surface area contributed by atoms with E-state index in [0.717, 1.165) is 22.4 Å². The molecule has 0 aliphatic heterocycles. The summed E-state index contributed by atoms with van der Waals surface area (Å²) in [4.78, 5) is 7.19. The molecule has 0 spiro atoms. The molecule has 0 radical (unpaired) electrons. The molecule has 1 aromatic carbocycles. The molecule has 4 nitrogen and oxygen atoms in total. The van der Waals surface area contributed by atoms with Gasteiger partial charge in [0.05, 0.1) is 23.6 Å². The maximum absolute atomic E-state index is 5.06. The monoisotopic (exact) mass is 185 g/mol. The first-order valence-corrected chi connectivity index (χ1v) is 4.28. The minimum absolute atomic E-state index is 0.765. The van der Waals surface area contributed by atoms with Crippen molar-refractivity contribution in [3.8, 4) is 11.3 Å². The molecule has 0 fully saturated rings. The molecule has 0 aliphatic carbocycles. The fraction of sp³-hybridized carbons (Fsp3) is 0. The van der Waals surface area contributed by atoms with Gasteiger partial charge in [-0.05, 0) is 18.2 Å². The normalized spacial score (nSPS) is 10.9. The van der Waals surface area contributed by atoms with Gasteiger partial charge in [0.25, 0.3) is 0 Å². The third kappa shape index (κ3) is 1.01. The van der Waals surface area contributed by atoms with Gasteiger partial charge in [-0.15, -0.1) is 0 Å². The Morgan fingerprint density at radius 1 is 1.21 bits per heavy atom. The van der Waals surface area contributed by atoms with Gasteiger partial charge in [0.1, 0.15) is 0 Å². The van der Waals surface area contributed by atoms with E-state index in [4.69, 9.17) is 4.52 Å². The van der Waals surface area contributed by atoms with Crippen LogP contribution in [-0.2, 0) is 0 Å². The molecule has 0 saturated heterocycles. The number of aromatic nitrogens is 3. The molecule has 0 amide bonds. The average Bonchev–Trinajstić information content (AvgIpc) is 2.88. The van der Waals surface area contributed by atoms with Gasteiger partial charge in [-0.25, -0.2) is 4.98 Å². The molecule has 1 N–H and O–H groups in total. The lowest BCUT2D eigenvalue weighted by Gasteiger charge is -1.94. The lowest BCUT2D eigenvalue weighted by Crippen LogP contribution is -1.74. The van der Waals surface area contributed by atoms with Crippen LogP contribution in [0.2, 0.25) is 0 Å². The largest absolute Gasteiger partial charge is 0.356 e. The molecule has 0 aliphatic rings. The maximum Gasteiger partial charge on any atom is 0.166 e. The number of imidazole rings is 1. The minimum Gasteiger partial charge on any atom is -0.356 e. The molecule has 0 unspecified atom stereocenters. The molecule has 14 heavy (non-hydrogen) atoms. The number of nitrogens with one attached hydrogen (secondary N) is 1. The van der Waals surface area contributed by atoms with Gasteiger partial charge >= 0.3 is 0 Å². The van der Waals surface area contributed by atoms with Crippen molar-refractivity contribution >= 4 is 11.0 Å². The fourth-order valence-electron chi connectivity index (χ4n) is 1.45. The minimum atomic E-state index is 0.765. The van der Waals surface area contributed by atoms with E-state index in [9.17, 15) is 0 Å². The highest BCUT2D eigenvalue weighted by atomic mass is 16.5. The highest BCUT2D eigenvalue weighted by Gasteiger charge is 2.03. The summed E-state index contributed by atoms with van der Waals surface area (Å²) >= 11 is 0. The number of benzene rings is 1. The van der Waals surface area contributed by atoms with Crippen LogP contribution in [-0.4, -0.2) is 15.1 Å². The summed E-state index contributed by atoms with van der Waals surface area (Å²) in [5, 5.41) is 3.67. The molecule has 68 valence electrons. The van der Waals surface area contributed by atoms with Gasteiger partial charge < -0.3 is 9.51 Å². The van der Waals surface area contributed by atoms with Crippen LogP contribution in [0.15, 0.2) is 41.3 Å². The summed E-state index contributed by atoms with van der Waals surface area (Å²) in [5.41, 5.74) is 2.95. The zero-order valence-corrected chi connectivity index (χ0v) is 7.27. The number of nitrogens with zero attached hydrogens (tertiary/aromatic N) is 2. The van der Waals surface area contributed by atoms with Gasteiger partial charge in [-0.1, -0.05) is 5.16 Å². The van der Waals surface area contributed by atoms with Crippen LogP contribution in [0.25, 0.3) is 22.4 Å². The molecule has 2 aromatic heterocycles. The van der Waals surface area contributed by atoms with Crippen molar-refractivity contribution in [1.29, 1.82) is 0 Å². The Balaban J connectivity index is 2.23. The van der Waals surface area contributed by atoms with Crippen molar-refractivity contribution < 1.29 is 4.52 Å². The SMILES string of the molecule is c1cc(-c2ccc3nc[nH]c3c2)on1. The van der Waals surface area contributed by atoms with E-state index in [0.29, 0.717) is 0 Å². The lowest BCUT2D eigenvalue weighted by molar-refractivity contribution is 0.432. The van der Waals surface area contributed by atoms with E-state index >= 15 is 0 Å². The summed E-state index contributed by atoms with van der Waals surface area (Å²) < 4.78 is 5.06. The first-order chi connectivity index (χ1) is 6.93. The Kier molecular flexibility index (Phi) is 1.41. The van der Waals surface area contributed by atoms with Crippen molar-refractivity contribution in [2.45, 2.75) is 0 Å². The summed E-state index contributed by atoms with van der Waals surface area (Å²) in [6, 6.07) is 7.73. The van der Waals surface area contributed by atoms with Crippen molar-refractivity contribution in [2.75, 3.05) is 0 Å². The number of H-pyrrole nitrogens is 1. The van der Waals surface area contributed by atoms with Crippen LogP contribution in [0.3, 0.4) is 0 Å². The van der Waals surface area contributed by atoms with Crippen molar-refractivity contribution in [1.82, 2.24) is 15.1 Å². The number of aromatic amines is 1. The van der Waals surface area contributed by atoms with E-state index in [1.54, 1.807) is 12.5 Å². The van der Waals surface area contributed by atoms with Crippen LogP contribution in [0.4, 0.5) is 0 Å². The molecule has 0 bridgehead atoms. The molecule has 0 saturated carbocycles. The molecule has 3 aromatic rings. The van der Waals surface area contributed by atoms with Gasteiger partial charge in [-0.2, -0.15) is 0 Å². The van der Waals surface area contributed by atoms with E-state index in [-0.39, 0.29) is 0 Å².